The van der Waals surface area contributed by atoms with Crippen LogP contribution in [-0.2, 0) is 0 Å². The van der Waals surface area contributed by atoms with E-state index in [0.717, 1.165) is 16.8 Å². The molecule has 0 radical (unpaired) electrons. The minimum absolute atomic E-state index is 0.146. The lowest BCUT2D eigenvalue weighted by Gasteiger charge is -2.41. The number of aryl methyl sites for hydroxylation is 1. The Morgan fingerprint density at radius 3 is 2.41 bits per heavy atom. The lowest BCUT2D eigenvalue weighted by Crippen LogP contribution is -2.44. The molecule has 2 amide bonds. The van der Waals surface area contributed by atoms with Crippen LogP contribution in [0.3, 0.4) is 0 Å². The van der Waals surface area contributed by atoms with E-state index in [9.17, 15) is 9.59 Å². The molecule has 176 valence electrons. The first-order valence-electron chi connectivity index (χ1n) is 11.1. The van der Waals surface area contributed by atoms with Gasteiger partial charge in [0.05, 0.1) is 10.6 Å². The van der Waals surface area contributed by atoms with Crippen molar-refractivity contribution in [3.8, 4) is 0 Å². The Labute approximate surface area is 210 Å². The average molecular weight is 496 g/mol. The van der Waals surface area contributed by atoms with Crippen molar-refractivity contribution in [3.63, 3.8) is 0 Å². The van der Waals surface area contributed by atoms with Crippen LogP contribution in [-0.4, -0.2) is 37.4 Å². The van der Waals surface area contributed by atoms with Gasteiger partial charge in [0.2, 0.25) is 0 Å². The molecule has 7 heteroatoms. The van der Waals surface area contributed by atoms with Crippen molar-refractivity contribution in [1.82, 2.24) is 4.90 Å². The van der Waals surface area contributed by atoms with Crippen molar-refractivity contribution in [2.45, 2.75) is 19.9 Å². The number of hydrogen-bond donors (Lipinski definition) is 1. The molecule has 3 aromatic carbocycles. The van der Waals surface area contributed by atoms with Crippen molar-refractivity contribution < 1.29 is 9.59 Å². The average Bonchev–Trinajstić information content (AvgIpc) is 2.78. The number of anilines is 2. The summed E-state index contributed by atoms with van der Waals surface area (Å²) in [5.41, 5.74) is 4.23. The van der Waals surface area contributed by atoms with Crippen LogP contribution in [0.2, 0.25) is 10.0 Å². The molecule has 4 rings (SSSR count). The molecule has 0 saturated carbocycles. The van der Waals surface area contributed by atoms with Crippen LogP contribution >= 0.6 is 23.2 Å². The van der Waals surface area contributed by atoms with E-state index in [1.807, 2.05) is 51.4 Å². The third-order valence-corrected chi connectivity index (χ3v) is 6.80. The minimum atomic E-state index is -0.223. The van der Waals surface area contributed by atoms with Crippen LogP contribution in [0, 0.1) is 12.8 Å². The van der Waals surface area contributed by atoms with Crippen LogP contribution in [0.5, 0.6) is 0 Å². The van der Waals surface area contributed by atoms with Gasteiger partial charge in [0, 0.05) is 34.5 Å². The first-order chi connectivity index (χ1) is 16.2. The summed E-state index contributed by atoms with van der Waals surface area (Å²) < 4.78 is 0. The largest absolute Gasteiger partial charge is 0.322 e. The monoisotopic (exact) mass is 495 g/mol. The summed E-state index contributed by atoms with van der Waals surface area (Å²) in [5.74, 6) is -0.218. The number of nitrogens with one attached hydrogen (secondary N) is 1. The summed E-state index contributed by atoms with van der Waals surface area (Å²) in [6.45, 7) is 4.56. The Morgan fingerprint density at radius 2 is 1.74 bits per heavy atom. The van der Waals surface area contributed by atoms with Crippen molar-refractivity contribution in [1.29, 1.82) is 0 Å². The van der Waals surface area contributed by atoms with Gasteiger partial charge in [0.1, 0.15) is 0 Å². The number of carbonyl (C=O) groups excluding carboxylic acids is 2. The van der Waals surface area contributed by atoms with E-state index in [-0.39, 0.29) is 28.8 Å². The zero-order chi connectivity index (χ0) is 24.6. The third-order valence-electron chi connectivity index (χ3n) is 6.26. The molecule has 0 bridgehead atoms. The Bertz CT molecular complexity index is 1260. The summed E-state index contributed by atoms with van der Waals surface area (Å²) in [7, 11) is 4.06. The number of benzene rings is 3. The number of hydrogen-bond acceptors (Lipinski definition) is 3. The maximum Gasteiger partial charge on any atom is 0.259 e. The molecule has 0 aliphatic carbocycles. The SMILES string of the molecule is Cc1ccccc1C(=O)Nc1ccc(C(=O)N2CC(C)C(N(C)C)c3cc(Cl)ccc32)c(Cl)c1. The minimum Gasteiger partial charge on any atom is -0.322 e. The zero-order valence-corrected chi connectivity index (χ0v) is 21.1. The van der Waals surface area contributed by atoms with E-state index in [1.165, 1.54) is 0 Å². The summed E-state index contributed by atoms with van der Waals surface area (Å²) in [6, 6.07) is 18.1. The molecule has 0 saturated heterocycles. The summed E-state index contributed by atoms with van der Waals surface area (Å²) in [4.78, 5) is 30.2. The summed E-state index contributed by atoms with van der Waals surface area (Å²) in [5, 5.41) is 3.78. The lowest BCUT2D eigenvalue weighted by molar-refractivity contribution is 0.0969. The van der Waals surface area contributed by atoms with Crippen LogP contribution in [0.1, 0.15) is 44.8 Å². The number of fused-ring (bicyclic) bond motifs is 1. The Morgan fingerprint density at radius 1 is 1.00 bits per heavy atom. The van der Waals surface area contributed by atoms with Crippen molar-refractivity contribution in [2.24, 2.45) is 5.92 Å². The second-order valence-electron chi connectivity index (χ2n) is 8.97. The molecule has 34 heavy (non-hydrogen) atoms. The summed E-state index contributed by atoms with van der Waals surface area (Å²) >= 11 is 12.8. The molecule has 0 spiro atoms. The van der Waals surface area contributed by atoms with Gasteiger partial charge in [-0.25, -0.2) is 0 Å². The molecule has 1 aliphatic rings. The van der Waals surface area contributed by atoms with E-state index in [0.29, 0.717) is 28.4 Å². The zero-order valence-electron chi connectivity index (χ0n) is 19.6. The van der Waals surface area contributed by atoms with Crippen molar-refractivity contribution in [2.75, 3.05) is 30.9 Å². The lowest BCUT2D eigenvalue weighted by atomic mass is 9.87. The predicted octanol–water partition coefficient (Wildman–Crippen LogP) is 6.45. The van der Waals surface area contributed by atoms with Gasteiger partial charge in [-0.1, -0.05) is 48.3 Å². The number of nitrogens with zero attached hydrogens (tertiary/aromatic N) is 2. The topological polar surface area (TPSA) is 52.7 Å². The molecule has 0 aromatic heterocycles. The fourth-order valence-corrected chi connectivity index (χ4v) is 5.16. The van der Waals surface area contributed by atoms with Gasteiger partial charge in [-0.15, -0.1) is 0 Å². The van der Waals surface area contributed by atoms with E-state index >= 15 is 0 Å². The standard InChI is InChI=1S/C27H27Cl2N3O2/c1-16-7-5-6-8-20(16)26(33)30-19-10-11-21(23(29)14-19)27(34)32-15-17(2)25(31(3)4)22-13-18(28)9-12-24(22)32/h5-14,17,25H,15H2,1-4H3,(H,30,33). The van der Waals surface area contributed by atoms with Crippen molar-refractivity contribution in [3.05, 3.63) is 93.0 Å². The molecule has 3 aromatic rings. The molecular formula is C27H27Cl2N3O2. The fraction of sp³-hybridized carbons (Fsp3) is 0.259. The van der Waals surface area contributed by atoms with Crippen LogP contribution in [0.25, 0.3) is 0 Å². The van der Waals surface area contributed by atoms with Crippen LogP contribution in [0.4, 0.5) is 11.4 Å². The summed E-state index contributed by atoms with van der Waals surface area (Å²) in [6.07, 6.45) is 0. The molecule has 2 unspecified atom stereocenters. The molecule has 1 heterocycles. The number of rotatable bonds is 4. The second kappa shape index (κ2) is 9.79. The Balaban J connectivity index is 1.62. The van der Waals surface area contributed by atoms with E-state index in [1.54, 1.807) is 35.2 Å². The van der Waals surface area contributed by atoms with E-state index in [2.05, 4.69) is 17.1 Å². The Kier molecular flexibility index (Phi) is 6.99. The van der Waals surface area contributed by atoms with Crippen LogP contribution < -0.4 is 10.2 Å². The number of halogens is 2. The van der Waals surface area contributed by atoms with E-state index in [4.69, 9.17) is 23.2 Å². The normalized spacial score (nSPS) is 17.4. The smallest absolute Gasteiger partial charge is 0.259 e. The van der Waals surface area contributed by atoms with Crippen molar-refractivity contribution >= 4 is 46.4 Å². The number of amides is 2. The highest BCUT2D eigenvalue weighted by molar-refractivity contribution is 6.35. The first kappa shape index (κ1) is 24.3. The molecule has 2 atom stereocenters. The highest BCUT2D eigenvalue weighted by atomic mass is 35.5. The molecule has 5 nitrogen and oxygen atoms in total. The van der Waals surface area contributed by atoms with Gasteiger partial charge in [0.25, 0.3) is 11.8 Å². The Hall–Kier alpha value is -2.86. The maximum absolute atomic E-state index is 13.6. The van der Waals surface area contributed by atoms with Gasteiger partial charge in [0.15, 0.2) is 0 Å². The van der Waals surface area contributed by atoms with E-state index < -0.39 is 0 Å². The molecular weight excluding hydrogens is 469 g/mol. The second-order valence-corrected chi connectivity index (χ2v) is 9.81. The third kappa shape index (κ3) is 4.69. The molecule has 1 aliphatic heterocycles. The highest BCUT2D eigenvalue weighted by Crippen LogP contribution is 2.42. The first-order valence-corrected chi connectivity index (χ1v) is 11.9. The van der Waals surface area contributed by atoms with Gasteiger partial charge in [-0.3, -0.25) is 9.59 Å². The van der Waals surface area contributed by atoms with Gasteiger partial charge >= 0.3 is 0 Å². The molecule has 1 N–H and O–H groups in total. The van der Waals surface area contributed by atoms with Gasteiger partial charge in [-0.05, 0) is 80.5 Å². The molecule has 0 fully saturated rings. The maximum atomic E-state index is 13.6. The predicted molar refractivity (Wildman–Crippen MR) is 139 cm³/mol. The fourth-order valence-electron chi connectivity index (χ4n) is 4.72. The van der Waals surface area contributed by atoms with Gasteiger partial charge < -0.3 is 15.1 Å². The van der Waals surface area contributed by atoms with Crippen LogP contribution in [0.15, 0.2) is 60.7 Å². The quantitative estimate of drug-likeness (QED) is 0.452. The number of carbonyl (C=O) groups is 2. The highest BCUT2D eigenvalue weighted by Gasteiger charge is 2.35. The van der Waals surface area contributed by atoms with Gasteiger partial charge in [-0.2, -0.15) is 0 Å².